The van der Waals surface area contributed by atoms with E-state index >= 15 is 0 Å². The molecule has 0 unspecified atom stereocenters. The van der Waals surface area contributed by atoms with Crippen LogP contribution in [0.4, 0.5) is 0 Å². The molecule has 2 rings (SSSR count). The molecule has 7 heteroatoms. The van der Waals surface area contributed by atoms with Gasteiger partial charge in [-0.25, -0.2) is 4.68 Å². The van der Waals surface area contributed by atoms with E-state index < -0.39 is 0 Å². The number of aromatic nitrogens is 3. The number of nitrogens with zero attached hydrogens (tertiary/aromatic N) is 4. The van der Waals surface area contributed by atoms with Gasteiger partial charge in [-0.2, -0.15) is 5.10 Å². The largest absolute Gasteiger partial charge is 0.496 e. The van der Waals surface area contributed by atoms with Gasteiger partial charge in [-0.15, -0.1) is 0 Å². The van der Waals surface area contributed by atoms with Crippen molar-refractivity contribution in [3.63, 3.8) is 0 Å². The van der Waals surface area contributed by atoms with E-state index in [9.17, 15) is 0 Å². The molecule has 2 aromatic rings. The van der Waals surface area contributed by atoms with Crippen LogP contribution in [0.3, 0.4) is 0 Å². The summed E-state index contributed by atoms with van der Waals surface area (Å²) in [6.07, 6.45) is 1.70. The SMILES string of the molecule is COc1ccc(Cl)cc1CN(C)Cn1ncn(C)c1=S. The van der Waals surface area contributed by atoms with Crippen molar-refractivity contribution in [2.75, 3.05) is 14.2 Å². The van der Waals surface area contributed by atoms with E-state index in [2.05, 4.69) is 10.00 Å². The molecule has 5 nitrogen and oxygen atoms in total. The van der Waals surface area contributed by atoms with Crippen molar-refractivity contribution in [1.82, 2.24) is 19.2 Å². The molecule has 0 atom stereocenters. The predicted molar refractivity (Wildman–Crippen MR) is 81.5 cm³/mol. The van der Waals surface area contributed by atoms with Crippen LogP contribution in [-0.2, 0) is 20.3 Å². The average molecular weight is 313 g/mol. The minimum absolute atomic E-state index is 0.606. The lowest BCUT2D eigenvalue weighted by atomic mass is 10.2. The Morgan fingerprint density at radius 2 is 2.20 bits per heavy atom. The Kier molecular flexibility index (Phi) is 4.80. The normalized spacial score (nSPS) is 11.1. The summed E-state index contributed by atoms with van der Waals surface area (Å²) in [5.41, 5.74) is 1.03. The Balaban J connectivity index is 2.12. The molecule has 1 aromatic heterocycles. The maximum absolute atomic E-state index is 6.03. The summed E-state index contributed by atoms with van der Waals surface area (Å²) in [5, 5.41) is 4.93. The second-order valence-electron chi connectivity index (χ2n) is 4.64. The molecule has 0 fully saturated rings. The fraction of sp³-hybridized carbons (Fsp3) is 0.385. The van der Waals surface area contributed by atoms with Gasteiger partial charge in [0.15, 0.2) is 4.77 Å². The van der Waals surface area contributed by atoms with Gasteiger partial charge in [0, 0.05) is 24.2 Å². The van der Waals surface area contributed by atoms with Crippen LogP contribution in [0.5, 0.6) is 5.75 Å². The Labute approximate surface area is 128 Å². The zero-order valence-corrected chi connectivity index (χ0v) is 13.3. The van der Waals surface area contributed by atoms with Crippen molar-refractivity contribution in [3.05, 3.63) is 39.9 Å². The highest BCUT2D eigenvalue weighted by atomic mass is 35.5. The number of rotatable bonds is 5. The van der Waals surface area contributed by atoms with Gasteiger partial charge in [0.1, 0.15) is 12.1 Å². The van der Waals surface area contributed by atoms with Crippen LogP contribution in [0.1, 0.15) is 5.56 Å². The second kappa shape index (κ2) is 6.39. The standard InChI is InChI=1S/C13H17ClN4OS/c1-16(9-18-13(20)17(2)8-15-18)7-10-6-11(14)4-5-12(10)19-3/h4-6,8H,7,9H2,1-3H3. The average Bonchev–Trinajstić information content (AvgIpc) is 2.71. The summed E-state index contributed by atoms with van der Waals surface area (Å²) in [5.74, 6) is 0.825. The smallest absolute Gasteiger partial charge is 0.198 e. The van der Waals surface area contributed by atoms with E-state index in [1.54, 1.807) is 18.1 Å². The maximum atomic E-state index is 6.03. The molecule has 0 aliphatic carbocycles. The van der Waals surface area contributed by atoms with Crippen molar-refractivity contribution < 1.29 is 4.74 Å². The van der Waals surface area contributed by atoms with Gasteiger partial charge in [0.25, 0.3) is 0 Å². The molecule has 0 saturated heterocycles. The van der Waals surface area contributed by atoms with Gasteiger partial charge in [-0.1, -0.05) is 11.6 Å². The van der Waals surface area contributed by atoms with E-state index in [-0.39, 0.29) is 0 Å². The van der Waals surface area contributed by atoms with Gasteiger partial charge in [-0.3, -0.25) is 4.90 Å². The Morgan fingerprint density at radius 3 is 2.80 bits per heavy atom. The molecule has 0 saturated carbocycles. The Bertz CT molecular complexity index is 652. The van der Waals surface area contributed by atoms with Crippen LogP contribution >= 0.6 is 23.8 Å². The summed E-state index contributed by atoms with van der Waals surface area (Å²) < 4.78 is 9.62. The number of hydrogen-bond acceptors (Lipinski definition) is 4. The van der Waals surface area contributed by atoms with E-state index in [1.807, 2.05) is 36.9 Å². The summed E-state index contributed by atoms with van der Waals surface area (Å²) in [4.78, 5) is 2.09. The molecule has 20 heavy (non-hydrogen) atoms. The summed E-state index contributed by atoms with van der Waals surface area (Å²) in [6, 6.07) is 5.60. The van der Waals surface area contributed by atoms with Crippen molar-refractivity contribution in [1.29, 1.82) is 0 Å². The number of benzene rings is 1. The molecule has 1 aromatic carbocycles. The van der Waals surface area contributed by atoms with Gasteiger partial charge in [-0.05, 0) is 37.5 Å². The van der Waals surface area contributed by atoms with Gasteiger partial charge >= 0.3 is 0 Å². The number of methoxy groups -OCH3 is 1. The Hall–Kier alpha value is -1.37. The molecule has 0 bridgehead atoms. The predicted octanol–water partition coefficient (Wildman–Crippen LogP) is 2.70. The molecule has 1 heterocycles. The molecular weight excluding hydrogens is 296 g/mol. The van der Waals surface area contributed by atoms with Gasteiger partial charge in [0.05, 0.1) is 13.8 Å². The van der Waals surface area contributed by atoms with E-state index in [0.29, 0.717) is 23.0 Å². The van der Waals surface area contributed by atoms with Crippen LogP contribution in [0.15, 0.2) is 24.5 Å². The van der Waals surface area contributed by atoms with E-state index in [4.69, 9.17) is 28.6 Å². The molecule has 0 N–H and O–H groups in total. The highest BCUT2D eigenvalue weighted by Crippen LogP contribution is 2.23. The lowest BCUT2D eigenvalue weighted by Crippen LogP contribution is -2.22. The zero-order valence-electron chi connectivity index (χ0n) is 11.7. The molecular formula is C13H17ClN4OS. The number of halogens is 1. The third kappa shape index (κ3) is 3.39. The summed E-state index contributed by atoms with van der Waals surface area (Å²) in [7, 11) is 5.53. The first-order valence-electron chi connectivity index (χ1n) is 6.10. The van der Waals surface area contributed by atoms with Crippen LogP contribution in [-0.4, -0.2) is 33.4 Å². The molecule has 0 aliphatic heterocycles. The number of ether oxygens (including phenoxy) is 1. The maximum Gasteiger partial charge on any atom is 0.198 e. The number of hydrogen-bond donors (Lipinski definition) is 0. The minimum atomic E-state index is 0.606. The molecule has 108 valence electrons. The highest BCUT2D eigenvalue weighted by molar-refractivity contribution is 7.71. The molecule has 0 spiro atoms. The van der Waals surface area contributed by atoms with Crippen molar-refractivity contribution in [2.24, 2.45) is 7.05 Å². The quantitative estimate of drug-likeness (QED) is 0.795. The van der Waals surface area contributed by atoms with Crippen LogP contribution < -0.4 is 4.74 Å². The fourth-order valence-electron chi connectivity index (χ4n) is 1.96. The highest BCUT2D eigenvalue weighted by Gasteiger charge is 2.09. The first kappa shape index (κ1) is 15.0. The van der Waals surface area contributed by atoms with Crippen LogP contribution in [0.25, 0.3) is 0 Å². The fourth-order valence-corrected chi connectivity index (χ4v) is 2.30. The van der Waals surface area contributed by atoms with E-state index in [0.717, 1.165) is 11.3 Å². The summed E-state index contributed by atoms with van der Waals surface area (Å²) >= 11 is 11.3. The lowest BCUT2D eigenvalue weighted by molar-refractivity contribution is 0.240. The molecule has 0 amide bonds. The topological polar surface area (TPSA) is 35.2 Å². The third-order valence-corrected chi connectivity index (χ3v) is 3.68. The number of aryl methyl sites for hydroxylation is 1. The molecule has 0 aliphatic rings. The van der Waals surface area contributed by atoms with Gasteiger partial charge < -0.3 is 9.30 Å². The lowest BCUT2D eigenvalue weighted by Gasteiger charge is -2.18. The van der Waals surface area contributed by atoms with Crippen molar-refractivity contribution in [3.8, 4) is 5.75 Å². The van der Waals surface area contributed by atoms with E-state index in [1.165, 1.54) is 0 Å². The van der Waals surface area contributed by atoms with Crippen molar-refractivity contribution in [2.45, 2.75) is 13.2 Å². The van der Waals surface area contributed by atoms with Gasteiger partial charge in [0.2, 0.25) is 0 Å². The minimum Gasteiger partial charge on any atom is -0.496 e. The summed E-state index contributed by atoms with van der Waals surface area (Å²) in [6.45, 7) is 1.30. The first-order chi connectivity index (χ1) is 9.51. The first-order valence-corrected chi connectivity index (χ1v) is 6.89. The van der Waals surface area contributed by atoms with Crippen LogP contribution in [0, 0.1) is 4.77 Å². The molecule has 0 radical (unpaired) electrons. The second-order valence-corrected chi connectivity index (χ2v) is 5.44. The Morgan fingerprint density at radius 1 is 1.45 bits per heavy atom. The van der Waals surface area contributed by atoms with Crippen molar-refractivity contribution >= 4 is 23.8 Å². The third-order valence-electron chi connectivity index (χ3n) is 2.94. The monoisotopic (exact) mass is 312 g/mol. The van der Waals surface area contributed by atoms with Crippen LogP contribution in [0.2, 0.25) is 5.02 Å². The zero-order chi connectivity index (χ0) is 14.7.